The number of rotatable bonds is 5. The number of nitrogens with zero attached hydrogens (tertiary/aromatic N) is 4. The summed E-state index contributed by atoms with van der Waals surface area (Å²) in [5, 5.41) is 2.55. The minimum absolute atomic E-state index is 0.0871. The van der Waals surface area contributed by atoms with Crippen molar-refractivity contribution in [3.8, 4) is 11.3 Å². The number of hydrogen-bond donors (Lipinski definition) is 4. The summed E-state index contributed by atoms with van der Waals surface area (Å²) in [6, 6.07) is 5.18. The molecule has 1 aromatic carbocycles. The van der Waals surface area contributed by atoms with Gasteiger partial charge in [-0.3, -0.25) is 9.59 Å². The summed E-state index contributed by atoms with van der Waals surface area (Å²) >= 11 is 0. The number of hydrogen-bond acceptors (Lipinski definition) is 10. The monoisotopic (exact) mass is 428 g/mol. The standard InChI is InChI=1S/C17H16N8O4S/c1-9(26)25-30(28,29)12-4-2-11(3-5-12)23-16(27)14-15(18)20-8-13(24-14)10-6-21-17(19)22-7-10/h2-8H,1H3,(H2,18,20)(H,23,27)(H,25,26)(H2,19,21,22). The Morgan fingerprint density at radius 1 is 0.967 bits per heavy atom. The fraction of sp³-hybridized carbons (Fsp3) is 0.0588. The molecule has 0 saturated carbocycles. The third-order valence-corrected chi connectivity index (χ3v) is 5.13. The zero-order valence-electron chi connectivity index (χ0n) is 15.5. The Hall–Kier alpha value is -4.13. The number of sulfonamides is 1. The molecule has 12 nitrogen and oxygen atoms in total. The predicted molar refractivity (Wildman–Crippen MR) is 107 cm³/mol. The van der Waals surface area contributed by atoms with E-state index >= 15 is 0 Å². The first-order valence-electron chi connectivity index (χ1n) is 8.31. The molecule has 2 heterocycles. The lowest BCUT2D eigenvalue weighted by Gasteiger charge is -2.09. The van der Waals surface area contributed by atoms with Crippen molar-refractivity contribution in [1.29, 1.82) is 0 Å². The number of amides is 2. The zero-order valence-corrected chi connectivity index (χ0v) is 16.3. The maximum Gasteiger partial charge on any atom is 0.278 e. The highest BCUT2D eigenvalue weighted by Gasteiger charge is 2.18. The Balaban J connectivity index is 1.81. The third-order valence-electron chi connectivity index (χ3n) is 3.68. The van der Waals surface area contributed by atoms with Crippen LogP contribution in [-0.2, 0) is 14.8 Å². The van der Waals surface area contributed by atoms with Crippen LogP contribution < -0.4 is 21.5 Å². The van der Waals surface area contributed by atoms with Gasteiger partial charge in [0.1, 0.15) is 0 Å². The second-order valence-corrected chi connectivity index (χ2v) is 7.64. The number of benzene rings is 1. The van der Waals surface area contributed by atoms with Crippen LogP contribution in [0, 0.1) is 0 Å². The SMILES string of the molecule is CC(=O)NS(=O)(=O)c1ccc(NC(=O)c2nc(-c3cnc(N)nc3)cnc2N)cc1. The van der Waals surface area contributed by atoms with Crippen LogP contribution in [0.5, 0.6) is 0 Å². The number of anilines is 3. The van der Waals surface area contributed by atoms with Crippen molar-refractivity contribution in [2.75, 3.05) is 16.8 Å². The summed E-state index contributed by atoms with van der Waals surface area (Å²) < 4.78 is 25.8. The maximum atomic E-state index is 12.6. The maximum absolute atomic E-state index is 12.6. The van der Waals surface area contributed by atoms with Gasteiger partial charge in [0.2, 0.25) is 11.9 Å². The molecule has 3 rings (SSSR count). The normalized spacial score (nSPS) is 11.0. The Morgan fingerprint density at radius 3 is 2.20 bits per heavy atom. The molecule has 3 aromatic rings. The molecule has 2 amide bonds. The third kappa shape index (κ3) is 4.64. The molecule has 0 atom stereocenters. The number of nitrogen functional groups attached to an aromatic ring is 2. The number of nitrogens with two attached hydrogens (primary N) is 2. The lowest BCUT2D eigenvalue weighted by molar-refractivity contribution is -0.117. The number of nitrogens with one attached hydrogen (secondary N) is 2. The van der Waals surface area contributed by atoms with Gasteiger partial charge in [0.05, 0.1) is 16.8 Å². The van der Waals surface area contributed by atoms with E-state index in [2.05, 4.69) is 25.3 Å². The van der Waals surface area contributed by atoms with Crippen LogP contribution in [0.15, 0.2) is 47.8 Å². The van der Waals surface area contributed by atoms with Gasteiger partial charge in [-0.15, -0.1) is 0 Å². The molecule has 0 bridgehead atoms. The van der Waals surface area contributed by atoms with Gasteiger partial charge in [-0.25, -0.2) is 33.1 Å². The minimum Gasteiger partial charge on any atom is -0.382 e. The van der Waals surface area contributed by atoms with E-state index in [1.165, 1.54) is 42.9 Å². The van der Waals surface area contributed by atoms with E-state index in [1.807, 2.05) is 4.72 Å². The molecular weight excluding hydrogens is 412 g/mol. The second kappa shape index (κ2) is 8.08. The highest BCUT2D eigenvalue weighted by atomic mass is 32.2. The molecule has 0 fully saturated rings. The molecule has 0 aliphatic carbocycles. The topological polar surface area (TPSA) is 196 Å². The number of aromatic nitrogens is 4. The molecule has 0 aliphatic rings. The van der Waals surface area contributed by atoms with Crippen LogP contribution in [0.2, 0.25) is 0 Å². The summed E-state index contributed by atoms with van der Waals surface area (Å²) in [7, 11) is -3.98. The van der Waals surface area contributed by atoms with Crippen molar-refractivity contribution in [1.82, 2.24) is 24.7 Å². The molecule has 0 aliphatic heterocycles. The average Bonchev–Trinajstić information content (AvgIpc) is 2.68. The summed E-state index contributed by atoms with van der Waals surface area (Å²) in [5.41, 5.74) is 12.2. The molecule has 154 valence electrons. The van der Waals surface area contributed by atoms with E-state index < -0.39 is 21.8 Å². The van der Waals surface area contributed by atoms with Crippen molar-refractivity contribution in [3.05, 3.63) is 48.5 Å². The molecule has 13 heteroatoms. The van der Waals surface area contributed by atoms with Crippen molar-refractivity contribution >= 4 is 39.3 Å². The van der Waals surface area contributed by atoms with Crippen molar-refractivity contribution in [3.63, 3.8) is 0 Å². The Bertz CT molecular complexity index is 1210. The summed E-state index contributed by atoms with van der Waals surface area (Å²) in [4.78, 5) is 39.3. The van der Waals surface area contributed by atoms with E-state index in [1.54, 1.807) is 0 Å². The quantitative estimate of drug-likeness (QED) is 0.435. The molecule has 0 unspecified atom stereocenters. The molecule has 0 spiro atoms. The fourth-order valence-corrected chi connectivity index (χ4v) is 3.32. The van der Waals surface area contributed by atoms with Crippen molar-refractivity contribution < 1.29 is 18.0 Å². The van der Waals surface area contributed by atoms with Gasteiger partial charge < -0.3 is 16.8 Å². The Morgan fingerprint density at radius 2 is 1.60 bits per heavy atom. The molecule has 2 aromatic heterocycles. The fourth-order valence-electron chi connectivity index (χ4n) is 2.33. The smallest absolute Gasteiger partial charge is 0.278 e. The van der Waals surface area contributed by atoms with Gasteiger partial charge in [-0.05, 0) is 24.3 Å². The van der Waals surface area contributed by atoms with Gasteiger partial charge in [-0.2, -0.15) is 0 Å². The van der Waals surface area contributed by atoms with Gasteiger partial charge in [0, 0.05) is 30.6 Å². The van der Waals surface area contributed by atoms with E-state index in [4.69, 9.17) is 11.5 Å². The van der Waals surface area contributed by atoms with E-state index in [0.717, 1.165) is 6.92 Å². The first-order valence-corrected chi connectivity index (χ1v) is 9.79. The first kappa shape index (κ1) is 20.6. The lowest BCUT2D eigenvalue weighted by atomic mass is 10.2. The van der Waals surface area contributed by atoms with Gasteiger partial charge in [-0.1, -0.05) is 0 Å². The summed E-state index contributed by atoms with van der Waals surface area (Å²) in [6.45, 7) is 1.09. The summed E-state index contributed by atoms with van der Waals surface area (Å²) in [5.74, 6) is -1.38. The largest absolute Gasteiger partial charge is 0.382 e. The number of carbonyl (C=O) groups is 2. The van der Waals surface area contributed by atoms with Gasteiger partial charge in [0.25, 0.3) is 15.9 Å². The zero-order chi connectivity index (χ0) is 21.9. The second-order valence-electron chi connectivity index (χ2n) is 5.96. The molecule has 0 radical (unpaired) electrons. The van der Waals surface area contributed by atoms with Gasteiger partial charge in [0.15, 0.2) is 11.5 Å². The van der Waals surface area contributed by atoms with Gasteiger partial charge >= 0.3 is 0 Å². The minimum atomic E-state index is -3.98. The Labute approximate surface area is 170 Å². The van der Waals surface area contributed by atoms with Crippen LogP contribution in [0.25, 0.3) is 11.3 Å². The van der Waals surface area contributed by atoms with E-state index in [9.17, 15) is 18.0 Å². The highest BCUT2D eigenvalue weighted by Crippen LogP contribution is 2.19. The van der Waals surface area contributed by atoms with Crippen LogP contribution >= 0.6 is 0 Å². The van der Waals surface area contributed by atoms with E-state index in [-0.39, 0.29) is 28.0 Å². The first-order chi connectivity index (χ1) is 14.2. The van der Waals surface area contributed by atoms with Crippen LogP contribution in [-0.4, -0.2) is 40.2 Å². The van der Waals surface area contributed by atoms with Crippen molar-refractivity contribution in [2.45, 2.75) is 11.8 Å². The molecule has 6 N–H and O–H groups in total. The molecular formula is C17H16N8O4S. The molecule has 30 heavy (non-hydrogen) atoms. The predicted octanol–water partition coefficient (Wildman–Crippen LogP) is 0.175. The van der Waals surface area contributed by atoms with Crippen LogP contribution in [0.1, 0.15) is 17.4 Å². The Kier molecular flexibility index (Phi) is 5.55. The number of carbonyl (C=O) groups excluding carboxylic acids is 2. The summed E-state index contributed by atoms with van der Waals surface area (Å²) in [6.07, 6.45) is 4.22. The lowest BCUT2D eigenvalue weighted by Crippen LogP contribution is -2.28. The van der Waals surface area contributed by atoms with Crippen LogP contribution in [0.4, 0.5) is 17.5 Å². The van der Waals surface area contributed by atoms with Crippen molar-refractivity contribution in [2.24, 2.45) is 0 Å². The molecule has 0 saturated heterocycles. The van der Waals surface area contributed by atoms with E-state index in [0.29, 0.717) is 11.3 Å². The average molecular weight is 428 g/mol. The highest BCUT2D eigenvalue weighted by molar-refractivity contribution is 7.90. The van der Waals surface area contributed by atoms with Crippen LogP contribution in [0.3, 0.4) is 0 Å².